The van der Waals surface area contributed by atoms with Crippen LogP contribution in [0.1, 0.15) is 18.9 Å². The van der Waals surface area contributed by atoms with Crippen LogP contribution in [0.25, 0.3) is 0 Å². The molecule has 2 fully saturated rings. The lowest BCUT2D eigenvalue weighted by Crippen LogP contribution is -2.52. The number of thioether (sulfide) groups is 1. The largest absolute Gasteiger partial charge is 0.494 e. The van der Waals surface area contributed by atoms with Gasteiger partial charge in [0.25, 0.3) is 5.91 Å². The molecule has 1 spiro atoms. The average molecular weight is 454 g/mol. The first-order valence-electron chi connectivity index (χ1n) is 11.1. The Hall–Kier alpha value is -2.55. The van der Waals surface area contributed by atoms with Crippen LogP contribution in [-0.4, -0.2) is 62.0 Å². The number of carbonyl (C=O) groups excluding carboxylic acids is 2. The molecule has 0 saturated carbocycles. The maximum Gasteiger partial charge on any atom is 0.269 e. The van der Waals surface area contributed by atoms with Gasteiger partial charge in [-0.2, -0.15) is 0 Å². The maximum absolute atomic E-state index is 14.0. The van der Waals surface area contributed by atoms with E-state index in [1.54, 1.807) is 4.90 Å². The molecule has 3 aliphatic heterocycles. The molecular formula is C24H27N3O4S. The third kappa shape index (κ3) is 3.46. The summed E-state index contributed by atoms with van der Waals surface area (Å²) in [7, 11) is 0. The van der Waals surface area contributed by atoms with E-state index in [9.17, 15) is 9.59 Å². The first-order valence-corrected chi connectivity index (χ1v) is 12.0. The van der Waals surface area contributed by atoms with E-state index >= 15 is 0 Å². The Kier molecular flexibility index (Phi) is 5.84. The molecule has 1 atom stereocenters. The lowest BCUT2D eigenvalue weighted by Gasteiger charge is -2.35. The molecule has 3 aliphatic rings. The van der Waals surface area contributed by atoms with Gasteiger partial charge in [-0.25, -0.2) is 0 Å². The van der Waals surface area contributed by atoms with Crippen LogP contribution >= 0.6 is 11.8 Å². The minimum absolute atomic E-state index is 0.0615. The van der Waals surface area contributed by atoms with E-state index in [1.165, 1.54) is 11.8 Å². The summed E-state index contributed by atoms with van der Waals surface area (Å²) in [5.74, 6) is 0.900. The van der Waals surface area contributed by atoms with E-state index in [0.29, 0.717) is 32.2 Å². The molecule has 5 rings (SSSR count). The number of morpholine rings is 1. The van der Waals surface area contributed by atoms with Gasteiger partial charge in [0.15, 0.2) is 0 Å². The van der Waals surface area contributed by atoms with Crippen LogP contribution in [-0.2, 0) is 19.2 Å². The van der Waals surface area contributed by atoms with Crippen LogP contribution in [0.5, 0.6) is 5.75 Å². The van der Waals surface area contributed by atoms with Crippen LogP contribution in [0.4, 0.5) is 11.4 Å². The summed E-state index contributed by atoms with van der Waals surface area (Å²) in [5, 5.41) is 0. The second-order valence-corrected chi connectivity index (χ2v) is 9.29. The van der Waals surface area contributed by atoms with Gasteiger partial charge in [0.1, 0.15) is 5.75 Å². The van der Waals surface area contributed by atoms with Gasteiger partial charge in [-0.1, -0.05) is 25.1 Å². The van der Waals surface area contributed by atoms with Gasteiger partial charge in [0.05, 0.1) is 37.9 Å². The molecule has 0 aliphatic carbocycles. The Morgan fingerprint density at radius 3 is 2.56 bits per heavy atom. The molecule has 3 heterocycles. The fraction of sp³-hybridized carbons (Fsp3) is 0.417. The molecule has 1 unspecified atom stereocenters. The van der Waals surface area contributed by atoms with Gasteiger partial charge in [-0.3, -0.25) is 24.3 Å². The van der Waals surface area contributed by atoms with Crippen molar-refractivity contribution in [1.82, 2.24) is 4.90 Å². The molecule has 0 bridgehead atoms. The number of rotatable bonds is 6. The van der Waals surface area contributed by atoms with Crippen molar-refractivity contribution >= 4 is 35.0 Å². The predicted octanol–water partition coefficient (Wildman–Crippen LogP) is 3.04. The van der Waals surface area contributed by atoms with E-state index in [-0.39, 0.29) is 17.6 Å². The standard InChI is InChI=1S/C24H27N3O4S/c1-2-13-31-19-9-7-18(8-10-19)27-22(28)16-32-24(27)20-5-3-4-6-21(20)26(23(24)29)17-25-11-14-30-15-12-25/h3-10H,2,11-17H2,1H3. The number of nitrogens with zero attached hydrogens (tertiary/aromatic N) is 3. The number of anilines is 2. The second-order valence-electron chi connectivity index (χ2n) is 8.13. The average Bonchev–Trinajstić information content (AvgIpc) is 3.30. The minimum Gasteiger partial charge on any atom is -0.494 e. The minimum atomic E-state index is -1.08. The van der Waals surface area contributed by atoms with E-state index in [1.807, 2.05) is 53.4 Å². The highest BCUT2D eigenvalue weighted by atomic mass is 32.2. The van der Waals surface area contributed by atoms with Gasteiger partial charge < -0.3 is 9.47 Å². The van der Waals surface area contributed by atoms with Gasteiger partial charge in [-0.15, -0.1) is 11.8 Å². The predicted molar refractivity (Wildman–Crippen MR) is 125 cm³/mol. The summed E-state index contributed by atoms with van der Waals surface area (Å²) in [6, 6.07) is 15.3. The topological polar surface area (TPSA) is 62.3 Å². The van der Waals surface area contributed by atoms with E-state index in [2.05, 4.69) is 11.8 Å². The Morgan fingerprint density at radius 2 is 1.81 bits per heavy atom. The normalized spacial score (nSPS) is 23.3. The lowest BCUT2D eigenvalue weighted by atomic mass is 10.0. The number of fused-ring (bicyclic) bond motifs is 2. The van der Waals surface area contributed by atoms with E-state index in [4.69, 9.17) is 9.47 Å². The van der Waals surface area contributed by atoms with Crippen molar-refractivity contribution in [3.05, 3.63) is 54.1 Å². The van der Waals surface area contributed by atoms with Gasteiger partial charge in [-0.05, 0) is 36.8 Å². The van der Waals surface area contributed by atoms with Crippen LogP contribution in [0, 0.1) is 0 Å². The number of benzene rings is 2. The molecule has 0 N–H and O–H groups in total. The van der Waals surface area contributed by atoms with Crippen molar-refractivity contribution in [1.29, 1.82) is 0 Å². The van der Waals surface area contributed by atoms with Gasteiger partial charge in [0.2, 0.25) is 10.8 Å². The van der Waals surface area contributed by atoms with Crippen molar-refractivity contribution in [2.24, 2.45) is 0 Å². The number of hydrogen-bond donors (Lipinski definition) is 0. The SMILES string of the molecule is CCCOc1ccc(N2C(=O)CSC23C(=O)N(CN2CCOCC2)c2ccccc23)cc1. The highest BCUT2D eigenvalue weighted by Crippen LogP contribution is 2.55. The molecule has 7 nitrogen and oxygen atoms in total. The molecule has 0 radical (unpaired) electrons. The van der Waals surface area contributed by atoms with Crippen LogP contribution < -0.4 is 14.5 Å². The number of ether oxygens (including phenoxy) is 2. The summed E-state index contributed by atoms with van der Waals surface area (Å²) in [5.41, 5.74) is 2.46. The first-order chi connectivity index (χ1) is 15.6. The Morgan fingerprint density at radius 1 is 1.06 bits per heavy atom. The number of para-hydroxylation sites is 1. The van der Waals surface area contributed by atoms with Crippen LogP contribution in [0.15, 0.2) is 48.5 Å². The molecule has 2 aromatic carbocycles. The zero-order chi connectivity index (χ0) is 22.1. The molecule has 0 aromatic heterocycles. The van der Waals surface area contributed by atoms with Crippen molar-refractivity contribution < 1.29 is 19.1 Å². The number of hydrogen-bond acceptors (Lipinski definition) is 6. The first kappa shape index (κ1) is 21.3. The lowest BCUT2D eigenvalue weighted by molar-refractivity contribution is -0.124. The fourth-order valence-corrected chi connectivity index (χ4v) is 5.91. The van der Waals surface area contributed by atoms with Crippen molar-refractivity contribution in [3.8, 4) is 5.75 Å². The quantitative estimate of drug-likeness (QED) is 0.670. The third-order valence-corrected chi connectivity index (χ3v) is 7.46. The van der Waals surface area contributed by atoms with Crippen LogP contribution in [0.3, 0.4) is 0 Å². The summed E-state index contributed by atoms with van der Waals surface area (Å²) in [6.07, 6.45) is 0.927. The highest BCUT2D eigenvalue weighted by Gasteiger charge is 2.61. The molecule has 32 heavy (non-hydrogen) atoms. The van der Waals surface area contributed by atoms with Crippen molar-refractivity contribution in [2.75, 3.05) is 55.1 Å². The number of amides is 2. The summed E-state index contributed by atoms with van der Waals surface area (Å²) in [6.45, 7) is 6.10. The maximum atomic E-state index is 14.0. The summed E-state index contributed by atoms with van der Waals surface area (Å²) in [4.78, 5) is 31.8. The zero-order valence-electron chi connectivity index (χ0n) is 18.2. The molecule has 2 saturated heterocycles. The van der Waals surface area contributed by atoms with Gasteiger partial charge >= 0.3 is 0 Å². The van der Waals surface area contributed by atoms with Gasteiger partial charge in [0, 0.05) is 24.3 Å². The smallest absolute Gasteiger partial charge is 0.269 e. The van der Waals surface area contributed by atoms with Crippen LogP contribution in [0.2, 0.25) is 0 Å². The molecule has 2 amide bonds. The van der Waals surface area contributed by atoms with Crippen molar-refractivity contribution in [3.63, 3.8) is 0 Å². The molecule has 2 aromatic rings. The molecular weight excluding hydrogens is 426 g/mol. The molecule has 8 heteroatoms. The van der Waals surface area contributed by atoms with E-state index in [0.717, 1.165) is 36.5 Å². The van der Waals surface area contributed by atoms with Crippen molar-refractivity contribution in [2.45, 2.75) is 18.2 Å². The summed E-state index contributed by atoms with van der Waals surface area (Å²) >= 11 is 1.41. The summed E-state index contributed by atoms with van der Waals surface area (Å²) < 4.78 is 11.2. The Labute approximate surface area is 192 Å². The third-order valence-electron chi connectivity index (χ3n) is 6.08. The zero-order valence-corrected chi connectivity index (χ0v) is 19.0. The Bertz CT molecular complexity index is 1010. The fourth-order valence-electron chi connectivity index (χ4n) is 4.55. The highest BCUT2D eigenvalue weighted by molar-refractivity contribution is 8.02. The second kappa shape index (κ2) is 8.77. The molecule has 168 valence electrons. The monoisotopic (exact) mass is 453 g/mol. The Balaban J connectivity index is 1.51. The van der Waals surface area contributed by atoms with E-state index < -0.39 is 4.87 Å². The number of carbonyl (C=O) groups is 2.